The summed E-state index contributed by atoms with van der Waals surface area (Å²) in [5, 5.41) is 6.17. The molecule has 0 aliphatic carbocycles. The Morgan fingerprint density at radius 3 is 3.07 bits per heavy atom. The molecule has 2 atom stereocenters. The first-order chi connectivity index (χ1) is 6.74. The van der Waals surface area contributed by atoms with Crippen molar-refractivity contribution in [3.05, 3.63) is 12.7 Å². The van der Waals surface area contributed by atoms with Crippen LogP contribution in [0.1, 0.15) is 32.6 Å². The van der Waals surface area contributed by atoms with Gasteiger partial charge in [0.05, 0.1) is 6.04 Å². The molecule has 0 bridgehead atoms. The molecule has 1 aliphatic heterocycles. The molecule has 1 saturated heterocycles. The number of rotatable bonds is 3. The van der Waals surface area contributed by atoms with Gasteiger partial charge in [0.25, 0.3) is 0 Å². The summed E-state index contributed by atoms with van der Waals surface area (Å²) >= 11 is 0. The second-order valence-corrected chi connectivity index (χ2v) is 3.89. The topological polar surface area (TPSA) is 41.1 Å². The van der Waals surface area contributed by atoms with Gasteiger partial charge in [-0.3, -0.25) is 4.79 Å². The van der Waals surface area contributed by atoms with E-state index in [4.69, 9.17) is 0 Å². The van der Waals surface area contributed by atoms with E-state index >= 15 is 0 Å². The normalized spacial score (nSPS) is 24.8. The van der Waals surface area contributed by atoms with E-state index in [1.54, 1.807) is 6.08 Å². The molecule has 2 unspecified atom stereocenters. The summed E-state index contributed by atoms with van der Waals surface area (Å²) in [6, 6.07) is 0.0625. The number of nitrogens with one attached hydrogen (secondary N) is 2. The minimum absolute atomic E-state index is 0.0000926. The quantitative estimate of drug-likeness (QED) is 0.666. The molecule has 1 amide bonds. The zero-order valence-electron chi connectivity index (χ0n) is 8.88. The van der Waals surface area contributed by atoms with Gasteiger partial charge >= 0.3 is 0 Å². The Morgan fingerprint density at radius 1 is 1.57 bits per heavy atom. The average molecular weight is 196 g/mol. The fraction of sp³-hybridized carbons (Fsp3) is 0.727. The van der Waals surface area contributed by atoms with E-state index < -0.39 is 0 Å². The van der Waals surface area contributed by atoms with Crippen molar-refractivity contribution >= 4 is 5.91 Å². The van der Waals surface area contributed by atoms with Crippen molar-refractivity contribution in [3.8, 4) is 0 Å². The third-order valence-electron chi connectivity index (χ3n) is 2.60. The molecule has 80 valence electrons. The van der Waals surface area contributed by atoms with Crippen LogP contribution in [0, 0.1) is 0 Å². The van der Waals surface area contributed by atoms with Gasteiger partial charge in [0.1, 0.15) is 0 Å². The molecule has 1 aliphatic rings. The van der Waals surface area contributed by atoms with Crippen molar-refractivity contribution in [1.29, 1.82) is 0 Å². The molecule has 0 aromatic heterocycles. The van der Waals surface area contributed by atoms with Crippen molar-refractivity contribution in [2.45, 2.75) is 44.7 Å². The Labute approximate surface area is 86.0 Å². The summed E-state index contributed by atoms with van der Waals surface area (Å²) in [6.45, 7) is 6.53. The van der Waals surface area contributed by atoms with Crippen molar-refractivity contribution < 1.29 is 4.79 Å². The van der Waals surface area contributed by atoms with Gasteiger partial charge in [-0.25, -0.2) is 0 Å². The molecule has 14 heavy (non-hydrogen) atoms. The molecule has 1 fully saturated rings. The van der Waals surface area contributed by atoms with Crippen LogP contribution < -0.4 is 10.6 Å². The Kier molecular flexibility index (Phi) is 4.66. The lowest BCUT2D eigenvalue weighted by molar-refractivity contribution is -0.123. The Hall–Kier alpha value is -0.830. The lowest BCUT2D eigenvalue weighted by Gasteiger charge is -2.17. The van der Waals surface area contributed by atoms with Gasteiger partial charge in [0, 0.05) is 6.04 Å². The Bertz CT molecular complexity index is 195. The van der Waals surface area contributed by atoms with Gasteiger partial charge in [0.2, 0.25) is 5.91 Å². The number of hydrogen-bond acceptors (Lipinski definition) is 2. The smallest absolute Gasteiger partial charge is 0.237 e. The van der Waals surface area contributed by atoms with Crippen LogP contribution in [0.15, 0.2) is 12.7 Å². The van der Waals surface area contributed by atoms with Gasteiger partial charge in [-0.2, -0.15) is 0 Å². The van der Waals surface area contributed by atoms with Gasteiger partial charge in [-0.1, -0.05) is 18.9 Å². The first-order valence-electron chi connectivity index (χ1n) is 5.40. The molecular formula is C11H20N2O. The van der Waals surface area contributed by atoms with E-state index in [2.05, 4.69) is 17.2 Å². The first-order valence-corrected chi connectivity index (χ1v) is 5.40. The van der Waals surface area contributed by atoms with Crippen LogP contribution in [-0.2, 0) is 4.79 Å². The molecule has 1 rings (SSSR count). The van der Waals surface area contributed by atoms with Gasteiger partial charge in [-0.15, -0.1) is 6.58 Å². The molecule has 3 heteroatoms. The fourth-order valence-corrected chi connectivity index (χ4v) is 1.64. The molecule has 0 aromatic carbocycles. The third kappa shape index (κ3) is 3.50. The van der Waals surface area contributed by atoms with Crippen molar-refractivity contribution in [2.75, 3.05) is 6.54 Å². The van der Waals surface area contributed by atoms with Crippen LogP contribution in [0.4, 0.5) is 0 Å². The predicted molar refractivity (Wildman–Crippen MR) is 58.1 cm³/mol. The summed E-state index contributed by atoms with van der Waals surface area (Å²) < 4.78 is 0. The van der Waals surface area contributed by atoms with E-state index in [0.717, 1.165) is 19.4 Å². The monoisotopic (exact) mass is 196 g/mol. The first kappa shape index (κ1) is 11.2. The highest BCUT2D eigenvalue weighted by Crippen LogP contribution is 2.08. The van der Waals surface area contributed by atoms with E-state index in [1.165, 1.54) is 12.8 Å². The standard InChI is InChI=1S/C11H20N2O/c1-3-9(2)13-11(14)10-7-5-4-6-8-12-10/h3,9-10,12H,1,4-8H2,2H3,(H,13,14). The van der Waals surface area contributed by atoms with E-state index in [9.17, 15) is 4.79 Å². The van der Waals surface area contributed by atoms with Crippen LogP contribution >= 0.6 is 0 Å². The van der Waals surface area contributed by atoms with Crippen LogP contribution in [-0.4, -0.2) is 24.5 Å². The maximum Gasteiger partial charge on any atom is 0.237 e. The Balaban J connectivity index is 2.37. The predicted octanol–water partition coefficient (Wildman–Crippen LogP) is 1.21. The summed E-state index contributed by atoms with van der Waals surface area (Å²) in [5.41, 5.74) is 0. The maximum atomic E-state index is 11.7. The number of hydrogen-bond donors (Lipinski definition) is 2. The summed E-state index contributed by atoms with van der Waals surface area (Å²) in [4.78, 5) is 11.7. The Morgan fingerprint density at radius 2 is 2.36 bits per heavy atom. The summed E-state index contributed by atoms with van der Waals surface area (Å²) in [7, 11) is 0. The highest BCUT2D eigenvalue weighted by Gasteiger charge is 2.19. The summed E-state index contributed by atoms with van der Waals surface area (Å²) in [5.74, 6) is 0.110. The molecule has 0 saturated carbocycles. The van der Waals surface area contributed by atoms with E-state index in [0.29, 0.717) is 0 Å². The van der Waals surface area contributed by atoms with Crippen LogP contribution in [0.25, 0.3) is 0 Å². The molecule has 1 heterocycles. The zero-order valence-corrected chi connectivity index (χ0v) is 8.88. The maximum absolute atomic E-state index is 11.7. The van der Waals surface area contributed by atoms with Gasteiger partial charge < -0.3 is 10.6 Å². The highest BCUT2D eigenvalue weighted by molar-refractivity contribution is 5.82. The molecule has 0 spiro atoms. The molecule has 0 radical (unpaired) electrons. The molecule has 0 aromatic rings. The highest BCUT2D eigenvalue weighted by atomic mass is 16.2. The van der Waals surface area contributed by atoms with E-state index in [1.807, 2.05) is 6.92 Å². The minimum Gasteiger partial charge on any atom is -0.349 e. The fourth-order valence-electron chi connectivity index (χ4n) is 1.64. The van der Waals surface area contributed by atoms with E-state index in [-0.39, 0.29) is 18.0 Å². The minimum atomic E-state index is -0.0000926. The SMILES string of the molecule is C=CC(C)NC(=O)C1CCCCCN1. The average Bonchev–Trinajstić information content (AvgIpc) is 2.45. The lowest BCUT2D eigenvalue weighted by Crippen LogP contribution is -2.46. The van der Waals surface area contributed by atoms with Crippen molar-refractivity contribution in [1.82, 2.24) is 10.6 Å². The number of amides is 1. The summed E-state index contributed by atoms with van der Waals surface area (Å²) in [6.07, 6.45) is 6.26. The number of carbonyl (C=O) groups excluding carboxylic acids is 1. The third-order valence-corrected chi connectivity index (χ3v) is 2.60. The lowest BCUT2D eigenvalue weighted by atomic mass is 10.1. The second-order valence-electron chi connectivity index (χ2n) is 3.89. The van der Waals surface area contributed by atoms with Gasteiger partial charge in [-0.05, 0) is 26.3 Å². The number of carbonyl (C=O) groups is 1. The van der Waals surface area contributed by atoms with Crippen LogP contribution in [0.5, 0.6) is 0 Å². The molecule has 3 nitrogen and oxygen atoms in total. The second kappa shape index (κ2) is 5.81. The molecule has 2 N–H and O–H groups in total. The molecular weight excluding hydrogens is 176 g/mol. The largest absolute Gasteiger partial charge is 0.349 e. The van der Waals surface area contributed by atoms with Crippen molar-refractivity contribution in [2.24, 2.45) is 0 Å². The van der Waals surface area contributed by atoms with Crippen LogP contribution in [0.3, 0.4) is 0 Å². The van der Waals surface area contributed by atoms with Crippen molar-refractivity contribution in [3.63, 3.8) is 0 Å². The van der Waals surface area contributed by atoms with Gasteiger partial charge in [0.15, 0.2) is 0 Å². The van der Waals surface area contributed by atoms with Crippen LogP contribution in [0.2, 0.25) is 0 Å². The zero-order chi connectivity index (χ0) is 10.4.